The molecule has 1 unspecified atom stereocenters. The minimum Gasteiger partial charge on any atom is -0.493 e. The van der Waals surface area contributed by atoms with Gasteiger partial charge in [-0.1, -0.05) is 15.9 Å². The minimum atomic E-state index is -4.91. The van der Waals surface area contributed by atoms with Gasteiger partial charge in [-0.15, -0.1) is 0 Å². The van der Waals surface area contributed by atoms with E-state index in [1.807, 2.05) is 6.07 Å². The van der Waals surface area contributed by atoms with Crippen LogP contribution in [0, 0.1) is 0 Å². The monoisotopic (exact) mass is 367 g/mol. The normalized spacial score (nSPS) is 17.0. The Morgan fingerprint density at radius 2 is 2.14 bits per heavy atom. The number of alkyl halides is 3. The molecule has 2 rings (SSSR count). The van der Waals surface area contributed by atoms with E-state index in [9.17, 15) is 18.0 Å². The Kier molecular flexibility index (Phi) is 4.21. The fraction of sp³-hybridized carbons (Fsp3) is 0.462. The number of fused-ring (bicyclic) bond motifs is 1. The first kappa shape index (κ1) is 16.1. The predicted molar refractivity (Wildman–Crippen MR) is 72.3 cm³/mol. The number of rotatable bonds is 4. The molecular weight excluding hydrogens is 355 g/mol. The van der Waals surface area contributed by atoms with Gasteiger partial charge in [-0.05, 0) is 24.6 Å². The molecule has 0 spiro atoms. The lowest BCUT2D eigenvalue weighted by Gasteiger charge is -2.29. The van der Waals surface area contributed by atoms with Crippen molar-refractivity contribution in [3.05, 3.63) is 27.7 Å². The van der Waals surface area contributed by atoms with Gasteiger partial charge in [0.15, 0.2) is 0 Å². The number of halogens is 4. The van der Waals surface area contributed by atoms with Crippen molar-refractivity contribution in [2.24, 2.45) is 0 Å². The Bertz CT molecular complexity index is 577. The van der Waals surface area contributed by atoms with Crippen molar-refractivity contribution in [2.75, 3.05) is 6.61 Å². The Labute approximate surface area is 127 Å². The van der Waals surface area contributed by atoms with Crippen molar-refractivity contribution in [1.29, 1.82) is 0 Å². The summed E-state index contributed by atoms with van der Waals surface area (Å²) in [6.07, 6.45) is -4.23. The zero-order valence-electron chi connectivity index (χ0n) is 11.1. The molecule has 1 aromatic carbocycles. The summed E-state index contributed by atoms with van der Waals surface area (Å²) >= 11 is 3.28. The number of carboxylic acids is 1. The third kappa shape index (κ3) is 3.01. The van der Waals surface area contributed by atoms with Crippen LogP contribution >= 0.6 is 15.9 Å². The molecule has 1 aliphatic rings. The van der Waals surface area contributed by atoms with Crippen molar-refractivity contribution < 1.29 is 27.8 Å². The van der Waals surface area contributed by atoms with Crippen LogP contribution in [0.15, 0.2) is 16.6 Å². The first-order valence-electron chi connectivity index (χ1n) is 6.14. The maximum absolute atomic E-state index is 12.9. The maximum Gasteiger partial charge on any atom is 0.417 e. The maximum atomic E-state index is 12.9. The van der Waals surface area contributed by atoms with E-state index in [2.05, 4.69) is 21.2 Å². The summed E-state index contributed by atoms with van der Waals surface area (Å²) in [6.45, 7) is 0.812. The smallest absolute Gasteiger partial charge is 0.417 e. The summed E-state index contributed by atoms with van der Waals surface area (Å²) in [5.74, 6) is -1.44. The van der Waals surface area contributed by atoms with Gasteiger partial charge in [0.25, 0.3) is 0 Å². The molecule has 1 heterocycles. The van der Waals surface area contributed by atoms with E-state index in [4.69, 9.17) is 9.84 Å². The fourth-order valence-corrected chi connectivity index (χ4v) is 2.60. The molecule has 8 heteroatoms. The van der Waals surface area contributed by atoms with Crippen LogP contribution in [0.3, 0.4) is 0 Å². The van der Waals surface area contributed by atoms with E-state index >= 15 is 0 Å². The average Bonchev–Trinajstić information content (AvgIpc) is 2.81. The second-order valence-corrected chi connectivity index (χ2v) is 5.85. The number of carboxylic acid groups (broad SMARTS) is 1. The molecule has 0 amide bonds. The van der Waals surface area contributed by atoms with Gasteiger partial charge in [0.05, 0.1) is 6.61 Å². The molecule has 4 nitrogen and oxygen atoms in total. The van der Waals surface area contributed by atoms with Crippen molar-refractivity contribution in [2.45, 2.75) is 31.6 Å². The van der Waals surface area contributed by atoms with Crippen molar-refractivity contribution in [3.8, 4) is 5.75 Å². The number of benzene rings is 1. The highest BCUT2D eigenvalue weighted by molar-refractivity contribution is 9.10. The summed E-state index contributed by atoms with van der Waals surface area (Å²) in [5.41, 5.74) is -1.63. The Hall–Kier alpha value is -1.28. The van der Waals surface area contributed by atoms with Crippen molar-refractivity contribution >= 4 is 21.9 Å². The molecular formula is C13H13BrF3NO3. The van der Waals surface area contributed by atoms with Gasteiger partial charge in [0.1, 0.15) is 5.75 Å². The first-order chi connectivity index (χ1) is 9.65. The van der Waals surface area contributed by atoms with Crippen molar-refractivity contribution in [1.82, 2.24) is 5.32 Å². The highest BCUT2D eigenvalue weighted by Crippen LogP contribution is 2.35. The second kappa shape index (κ2) is 5.49. The molecule has 0 saturated carbocycles. The summed E-state index contributed by atoms with van der Waals surface area (Å²) in [5, 5.41) is 11.0. The first-order valence-corrected chi connectivity index (χ1v) is 6.93. The number of carbonyl (C=O) groups is 1. The zero-order chi connectivity index (χ0) is 15.8. The lowest BCUT2D eigenvalue weighted by atomic mass is 10.0. The number of aliphatic carboxylic acids is 1. The van der Waals surface area contributed by atoms with Crippen LogP contribution in [0.4, 0.5) is 13.2 Å². The molecule has 2 N–H and O–H groups in total. The number of hydrogen-bond donors (Lipinski definition) is 2. The van der Waals surface area contributed by atoms with Crippen LogP contribution in [-0.4, -0.2) is 29.4 Å². The standard InChI is InChI=1S/C13H13BrF3NO3/c1-12(11(19)20,13(15,16)17)18-6-8-5-9(14)4-7-2-3-21-10(7)8/h4-5,18H,2-3,6H2,1H3,(H,19,20). The zero-order valence-corrected chi connectivity index (χ0v) is 12.6. The molecule has 21 heavy (non-hydrogen) atoms. The van der Waals surface area contributed by atoms with Gasteiger partial charge in [-0.25, -0.2) is 4.79 Å². The van der Waals surface area contributed by atoms with E-state index in [-0.39, 0.29) is 6.54 Å². The van der Waals surface area contributed by atoms with Crippen LogP contribution in [-0.2, 0) is 17.8 Å². The summed E-state index contributed by atoms with van der Waals surface area (Å²) in [7, 11) is 0. The molecule has 0 radical (unpaired) electrons. The molecule has 0 saturated heterocycles. The molecule has 1 aliphatic heterocycles. The number of hydrogen-bond acceptors (Lipinski definition) is 3. The van der Waals surface area contributed by atoms with Crippen LogP contribution in [0.5, 0.6) is 5.75 Å². The Balaban J connectivity index is 2.25. The number of nitrogens with one attached hydrogen (secondary N) is 1. The van der Waals surface area contributed by atoms with Gasteiger partial charge < -0.3 is 9.84 Å². The van der Waals surface area contributed by atoms with E-state index < -0.39 is 17.7 Å². The molecule has 1 aromatic rings. The fourth-order valence-electron chi connectivity index (χ4n) is 2.05. The third-order valence-electron chi connectivity index (χ3n) is 3.45. The summed E-state index contributed by atoms with van der Waals surface area (Å²) < 4.78 is 44.9. The number of ether oxygens (including phenoxy) is 1. The third-order valence-corrected chi connectivity index (χ3v) is 3.91. The highest BCUT2D eigenvalue weighted by atomic mass is 79.9. The van der Waals surface area contributed by atoms with Crippen LogP contribution in [0.1, 0.15) is 18.1 Å². The van der Waals surface area contributed by atoms with Crippen LogP contribution in [0.2, 0.25) is 0 Å². The second-order valence-electron chi connectivity index (χ2n) is 4.93. The van der Waals surface area contributed by atoms with Gasteiger partial charge in [-0.3, -0.25) is 5.32 Å². The highest BCUT2D eigenvalue weighted by Gasteiger charge is 2.57. The summed E-state index contributed by atoms with van der Waals surface area (Å²) in [4.78, 5) is 11.0. The predicted octanol–water partition coefficient (Wildman–Crippen LogP) is 2.88. The largest absolute Gasteiger partial charge is 0.493 e. The van der Waals surface area contributed by atoms with Gasteiger partial charge in [-0.2, -0.15) is 13.2 Å². The molecule has 0 bridgehead atoms. The topological polar surface area (TPSA) is 58.6 Å². The average molecular weight is 368 g/mol. The Morgan fingerprint density at radius 3 is 2.71 bits per heavy atom. The molecule has 0 fully saturated rings. The van der Waals surface area contributed by atoms with E-state index in [0.29, 0.717) is 35.7 Å². The lowest BCUT2D eigenvalue weighted by molar-refractivity contribution is -0.206. The minimum absolute atomic E-state index is 0.260. The van der Waals surface area contributed by atoms with Gasteiger partial charge in [0.2, 0.25) is 5.54 Å². The molecule has 0 aromatic heterocycles. The van der Waals surface area contributed by atoms with E-state index in [0.717, 1.165) is 5.56 Å². The summed E-state index contributed by atoms with van der Waals surface area (Å²) in [6, 6.07) is 3.46. The van der Waals surface area contributed by atoms with Gasteiger partial charge >= 0.3 is 12.1 Å². The van der Waals surface area contributed by atoms with Crippen LogP contribution < -0.4 is 10.1 Å². The van der Waals surface area contributed by atoms with Gasteiger partial charge in [0, 0.05) is 23.0 Å². The molecule has 1 atom stereocenters. The quantitative estimate of drug-likeness (QED) is 0.858. The van der Waals surface area contributed by atoms with E-state index in [1.54, 1.807) is 6.07 Å². The lowest BCUT2D eigenvalue weighted by Crippen LogP contribution is -2.59. The van der Waals surface area contributed by atoms with Crippen LogP contribution in [0.25, 0.3) is 0 Å². The Morgan fingerprint density at radius 1 is 1.48 bits per heavy atom. The SMILES string of the molecule is CC(NCc1cc(Br)cc2c1OCC2)(C(=O)O)C(F)(F)F. The molecule has 116 valence electrons. The molecule has 0 aliphatic carbocycles. The van der Waals surface area contributed by atoms with E-state index in [1.165, 1.54) is 0 Å². The van der Waals surface area contributed by atoms with Crippen molar-refractivity contribution in [3.63, 3.8) is 0 Å².